The standard InChI is InChI=1S/C12H13Br2NO2S/c1-17-7-8-2-4-15(5-3-8)12(16)10-6-9(13)11(14)18-10/h2,6H,3-5,7H2,1H3. The monoisotopic (exact) mass is 393 g/mol. The van der Waals surface area contributed by atoms with Gasteiger partial charge in [0.15, 0.2) is 0 Å². The molecule has 1 aliphatic heterocycles. The first kappa shape index (κ1) is 14.2. The Balaban J connectivity index is 2.03. The Hall–Kier alpha value is -0.170. The number of carbonyl (C=O) groups is 1. The molecule has 0 N–H and O–H groups in total. The SMILES string of the molecule is COCC1=CCN(C(=O)c2cc(Br)c(Br)s2)CC1. The van der Waals surface area contributed by atoms with Gasteiger partial charge < -0.3 is 9.64 Å². The van der Waals surface area contributed by atoms with Crippen molar-refractivity contribution in [2.75, 3.05) is 26.8 Å². The molecule has 0 spiro atoms. The molecule has 0 aromatic carbocycles. The molecule has 1 aromatic heterocycles. The van der Waals surface area contributed by atoms with Crippen molar-refractivity contribution in [2.24, 2.45) is 0 Å². The van der Waals surface area contributed by atoms with E-state index in [1.54, 1.807) is 7.11 Å². The van der Waals surface area contributed by atoms with Crippen molar-refractivity contribution in [3.05, 3.63) is 30.9 Å². The molecule has 0 bridgehead atoms. The average molecular weight is 395 g/mol. The van der Waals surface area contributed by atoms with Crippen LogP contribution in [0.5, 0.6) is 0 Å². The van der Waals surface area contributed by atoms with Crippen LogP contribution in [0.15, 0.2) is 26.0 Å². The van der Waals surface area contributed by atoms with E-state index in [9.17, 15) is 4.79 Å². The number of hydrogen-bond donors (Lipinski definition) is 0. The van der Waals surface area contributed by atoms with Crippen LogP contribution in [0.25, 0.3) is 0 Å². The van der Waals surface area contributed by atoms with Gasteiger partial charge in [-0.2, -0.15) is 0 Å². The molecule has 0 saturated heterocycles. The van der Waals surface area contributed by atoms with Crippen molar-refractivity contribution in [2.45, 2.75) is 6.42 Å². The number of halogens is 2. The second-order valence-electron chi connectivity index (χ2n) is 4.03. The maximum Gasteiger partial charge on any atom is 0.264 e. The minimum Gasteiger partial charge on any atom is -0.380 e. The van der Waals surface area contributed by atoms with Crippen molar-refractivity contribution in [1.29, 1.82) is 0 Å². The van der Waals surface area contributed by atoms with Gasteiger partial charge in [0, 0.05) is 24.7 Å². The van der Waals surface area contributed by atoms with Gasteiger partial charge in [-0.1, -0.05) is 6.08 Å². The molecule has 98 valence electrons. The summed E-state index contributed by atoms with van der Waals surface area (Å²) in [6.07, 6.45) is 2.98. The lowest BCUT2D eigenvalue weighted by atomic mass is 10.1. The second kappa shape index (κ2) is 6.32. The van der Waals surface area contributed by atoms with Crippen LogP contribution in [0.2, 0.25) is 0 Å². The Bertz CT molecular complexity index is 465. The van der Waals surface area contributed by atoms with Crippen LogP contribution in [0.1, 0.15) is 16.1 Å². The van der Waals surface area contributed by atoms with E-state index in [1.165, 1.54) is 16.9 Å². The molecule has 0 fully saturated rings. The Kier molecular flexibility index (Phi) is 5.00. The van der Waals surface area contributed by atoms with Crippen molar-refractivity contribution < 1.29 is 9.53 Å². The fraction of sp³-hybridized carbons (Fsp3) is 0.417. The number of carbonyl (C=O) groups excluding carboxylic acids is 1. The quantitative estimate of drug-likeness (QED) is 0.731. The second-order valence-corrected chi connectivity index (χ2v) is 7.25. The molecular formula is C12H13Br2NO2S. The summed E-state index contributed by atoms with van der Waals surface area (Å²) in [5, 5.41) is 0. The number of thiophene rings is 1. The normalized spacial score (nSPS) is 15.7. The van der Waals surface area contributed by atoms with Crippen LogP contribution < -0.4 is 0 Å². The van der Waals surface area contributed by atoms with Gasteiger partial charge in [-0.15, -0.1) is 11.3 Å². The van der Waals surface area contributed by atoms with Gasteiger partial charge >= 0.3 is 0 Å². The molecular weight excluding hydrogens is 382 g/mol. The third-order valence-electron chi connectivity index (χ3n) is 2.78. The van der Waals surface area contributed by atoms with Gasteiger partial charge in [-0.3, -0.25) is 4.79 Å². The van der Waals surface area contributed by atoms with Gasteiger partial charge in [-0.05, 0) is 49.9 Å². The van der Waals surface area contributed by atoms with Crippen molar-refractivity contribution in [3.8, 4) is 0 Å². The lowest BCUT2D eigenvalue weighted by Gasteiger charge is -2.25. The Morgan fingerprint density at radius 1 is 1.56 bits per heavy atom. The van der Waals surface area contributed by atoms with Crippen LogP contribution in [0.4, 0.5) is 0 Å². The average Bonchev–Trinajstić information content (AvgIpc) is 2.70. The number of amides is 1. The molecule has 18 heavy (non-hydrogen) atoms. The van der Waals surface area contributed by atoms with E-state index < -0.39 is 0 Å². The largest absolute Gasteiger partial charge is 0.380 e. The molecule has 2 rings (SSSR count). The highest BCUT2D eigenvalue weighted by Gasteiger charge is 2.21. The molecule has 1 aromatic rings. The van der Waals surface area contributed by atoms with E-state index in [0.29, 0.717) is 13.2 Å². The molecule has 1 aliphatic rings. The first-order valence-electron chi connectivity index (χ1n) is 5.52. The molecule has 0 saturated carbocycles. The Morgan fingerprint density at radius 3 is 2.83 bits per heavy atom. The summed E-state index contributed by atoms with van der Waals surface area (Å²) in [6.45, 7) is 2.10. The summed E-state index contributed by atoms with van der Waals surface area (Å²) in [5.74, 6) is 0.0964. The lowest BCUT2D eigenvalue weighted by Crippen LogP contribution is -2.34. The zero-order valence-electron chi connectivity index (χ0n) is 9.91. The first-order valence-corrected chi connectivity index (χ1v) is 7.93. The molecule has 1 amide bonds. The summed E-state index contributed by atoms with van der Waals surface area (Å²) in [6, 6.07) is 1.87. The van der Waals surface area contributed by atoms with E-state index in [2.05, 4.69) is 37.9 Å². The van der Waals surface area contributed by atoms with Crippen LogP contribution >= 0.6 is 43.2 Å². The highest BCUT2D eigenvalue weighted by Crippen LogP contribution is 2.33. The number of methoxy groups -OCH3 is 1. The molecule has 0 aliphatic carbocycles. The molecule has 2 heterocycles. The fourth-order valence-electron chi connectivity index (χ4n) is 1.82. The van der Waals surface area contributed by atoms with E-state index in [0.717, 1.165) is 26.1 Å². The minimum absolute atomic E-state index is 0.0964. The van der Waals surface area contributed by atoms with Crippen molar-refractivity contribution >= 4 is 49.1 Å². The Morgan fingerprint density at radius 2 is 2.33 bits per heavy atom. The maximum absolute atomic E-state index is 12.3. The van der Waals surface area contributed by atoms with Crippen molar-refractivity contribution in [3.63, 3.8) is 0 Å². The minimum atomic E-state index is 0.0964. The van der Waals surface area contributed by atoms with Gasteiger partial charge in [0.05, 0.1) is 15.3 Å². The maximum atomic E-state index is 12.3. The Labute approximate surface area is 127 Å². The van der Waals surface area contributed by atoms with Crippen LogP contribution in [-0.2, 0) is 4.74 Å². The van der Waals surface area contributed by atoms with E-state index >= 15 is 0 Å². The van der Waals surface area contributed by atoms with Gasteiger partial charge in [0.1, 0.15) is 0 Å². The van der Waals surface area contributed by atoms with E-state index in [4.69, 9.17) is 4.74 Å². The van der Waals surface area contributed by atoms with Crippen LogP contribution in [0.3, 0.4) is 0 Å². The predicted octanol–water partition coefficient (Wildman–Crippen LogP) is 3.69. The van der Waals surface area contributed by atoms with E-state index in [-0.39, 0.29) is 5.91 Å². The number of hydrogen-bond acceptors (Lipinski definition) is 3. The molecule has 3 nitrogen and oxygen atoms in total. The highest BCUT2D eigenvalue weighted by atomic mass is 79.9. The topological polar surface area (TPSA) is 29.5 Å². The molecule has 0 radical (unpaired) electrons. The zero-order chi connectivity index (χ0) is 13.1. The summed E-state index contributed by atoms with van der Waals surface area (Å²) in [5.41, 5.74) is 1.27. The van der Waals surface area contributed by atoms with Crippen LogP contribution in [0, 0.1) is 0 Å². The van der Waals surface area contributed by atoms with Crippen LogP contribution in [-0.4, -0.2) is 37.6 Å². The lowest BCUT2D eigenvalue weighted by molar-refractivity contribution is 0.0769. The summed E-state index contributed by atoms with van der Waals surface area (Å²) < 4.78 is 6.99. The van der Waals surface area contributed by atoms with Crippen molar-refractivity contribution in [1.82, 2.24) is 4.90 Å². The third kappa shape index (κ3) is 3.23. The summed E-state index contributed by atoms with van der Waals surface area (Å²) >= 11 is 8.27. The molecule has 0 unspecified atom stereocenters. The molecule has 6 heteroatoms. The van der Waals surface area contributed by atoms with Gasteiger partial charge in [0.2, 0.25) is 0 Å². The summed E-state index contributed by atoms with van der Waals surface area (Å²) in [7, 11) is 1.69. The number of nitrogens with zero attached hydrogens (tertiary/aromatic N) is 1. The number of rotatable bonds is 3. The van der Waals surface area contributed by atoms with E-state index in [1.807, 2.05) is 11.0 Å². The first-order chi connectivity index (χ1) is 8.61. The zero-order valence-corrected chi connectivity index (χ0v) is 13.9. The summed E-state index contributed by atoms with van der Waals surface area (Å²) in [4.78, 5) is 14.9. The predicted molar refractivity (Wildman–Crippen MR) is 80.2 cm³/mol. The van der Waals surface area contributed by atoms with Gasteiger partial charge in [-0.25, -0.2) is 0 Å². The highest BCUT2D eigenvalue weighted by molar-refractivity contribution is 9.13. The third-order valence-corrected chi connectivity index (χ3v) is 6.02. The van der Waals surface area contributed by atoms with Gasteiger partial charge in [0.25, 0.3) is 5.91 Å². The number of ether oxygens (including phenoxy) is 1. The smallest absolute Gasteiger partial charge is 0.264 e. The molecule has 0 atom stereocenters. The fourth-order valence-corrected chi connectivity index (χ4v) is 3.82.